The van der Waals surface area contributed by atoms with Gasteiger partial charge >= 0.3 is 11.6 Å². The van der Waals surface area contributed by atoms with Crippen molar-refractivity contribution in [3.63, 3.8) is 0 Å². The molecule has 1 atom stereocenters. The maximum atomic E-state index is 13.0. The van der Waals surface area contributed by atoms with E-state index in [-0.39, 0.29) is 23.2 Å². The molecular weight excluding hydrogens is 367 g/mol. The minimum absolute atomic E-state index is 0.0397. The first-order valence-corrected chi connectivity index (χ1v) is 8.34. The summed E-state index contributed by atoms with van der Waals surface area (Å²) in [5.41, 5.74) is -0.135. The van der Waals surface area contributed by atoms with Gasteiger partial charge in [-0.05, 0) is 43.3 Å². The molecule has 0 spiro atoms. The standard InChI is InChI=1S/C20H13FN2O5/c1-11(17-22-23-18(28-17)12-6-8-14(21)9-7-12)26-19(24)15-10-13-4-2-3-5-16(13)27-20(15)25/h2-11H,1H3/t11-/m0/s1. The molecule has 0 aliphatic carbocycles. The molecule has 7 nitrogen and oxygen atoms in total. The van der Waals surface area contributed by atoms with Gasteiger partial charge in [0.05, 0.1) is 0 Å². The van der Waals surface area contributed by atoms with Crippen molar-refractivity contribution in [1.82, 2.24) is 10.2 Å². The van der Waals surface area contributed by atoms with E-state index in [9.17, 15) is 14.0 Å². The molecule has 4 aromatic rings. The average Bonchev–Trinajstić information content (AvgIpc) is 3.18. The Morgan fingerprint density at radius 1 is 1.07 bits per heavy atom. The fourth-order valence-electron chi connectivity index (χ4n) is 2.59. The van der Waals surface area contributed by atoms with Crippen LogP contribution >= 0.6 is 0 Å². The van der Waals surface area contributed by atoms with Gasteiger partial charge in [0.15, 0.2) is 6.10 Å². The summed E-state index contributed by atoms with van der Waals surface area (Å²) < 4.78 is 28.9. The molecule has 0 saturated carbocycles. The van der Waals surface area contributed by atoms with E-state index in [0.29, 0.717) is 16.5 Å². The number of hydrogen-bond donors (Lipinski definition) is 0. The number of ether oxygens (including phenoxy) is 1. The Morgan fingerprint density at radius 2 is 1.82 bits per heavy atom. The van der Waals surface area contributed by atoms with E-state index >= 15 is 0 Å². The number of carbonyl (C=O) groups excluding carboxylic acids is 1. The number of nitrogens with zero attached hydrogens (tertiary/aromatic N) is 2. The van der Waals surface area contributed by atoms with Gasteiger partial charge < -0.3 is 13.6 Å². The highest BCUT2D eigenvalue weighted by Gasteiger charge is 2.22. The summed E-state index contributed by atoms with van der Waals surface area (Å²) in [5.74, 6) is -1.06. The van der Waals surface area contributed by atoms with Crippen molar-refractivity contribution in [1.29, 1.82) is 0 Å². The van der Waals surface area contributed by atoms with Gasteiger partial charge in [0.2, 0.25) is 5.89 Å². The number of carbonyl (C=O) groups is 1. The third-order valence-electron chi connectivity index (χ3n) is 4.02. The molecule has 2 aromatic carbocycles. The van der Waals surface area contributed by atoms with Gasteiger partial charge in [-0.15, -0.1) is 10.2 Å². The van der Waals surface area contributed by atoms with Gasteiger partial charge in [0, 0.05) is 10.9 Å². The lowest BCUT2D eigenvalue weighted by molar-refractivity contribution is 0.0275. The van der Waals surface area contributed by atoms with Crippen LogP contribution in [0.2, 0.25) is 0 Å². The Bertz CT molecular complexity index is 1210. The molecule has 28 heavy (non-hydrogen) atoms. The molecule has 8 heteroatoms. The molecule has 0 fully saturated rings. The van der Waals surface area contributed by atoms with Crippen LogP contribution in [0.5, 0.6) is 0 Å². The SMILES string of the molecule is C[C@H](OC(=O)c1cc2ccccc2oc1=O)c1nnc(-c2ccc(F)cc2)o1. The van der Waals surface area contributed by atoms with E-state index < -0.39 is 17.7 Å². The van der Waals surface area contributed by atoms with Crippen LogP contribution in [0, 0.1) is 5.82 Å². The maximum absolute atomic E-state index is 13.0. The van der Waals surface area contributed by atoms with Gasteiger partial charge in [0.25, 0.3) is 5.89 Å². The van der Waals surface area contributed by atoms with Gasteiger partial charge in [-0.25, -0.2) is 14.0 Å². The molecule has 0 amide bonds. The van der Waals surface area contributed by atoms with Crippen LogP contribution < -0.4 is 5.63 Å². The predicted molar refractivity (Wildman–Crippen MR) is 96.0 cm³/mol. The number of fused-ring (bicyclic) bond motifs is 1. The van der Waals surface area contributed by atoms with Crippen LogP contribution in [0.1, 0.15) is 29.3 Å². The number of esters is 1. The number of para-hydroxylation sites is 1. The maximum Gasteiger partial charge on any atom is 0.351 e. The molecule has 140 valence electrons. The largest absolute Gasteiger partial charge is 0.449 e. The summed E-state index contributed by atoms with van der Waals surface area (Å²) in [6.45, 7) is 1.53. The third kappa shape index (κ3) is 3.39. The first-order chi connectivity index (χ1) is 13.5. The van der Waals surface area contributed by atoms with Crippen molar-refractivity contribution in [2.45, 2.75) is 13.0 Å². The van der Waals surface area contributed by atoms with Crippen LogP contribution in [0.4, 0.5) is 4.39 Å². The summed E-state index contributed by atoms with van der Waals surface area (Å²) in [7, 11) is 0. The van der Waals surface area contributed by atoms with E-state index in [4.69, 9.17) is 13.6 Å². The first kappa shape index (κ1) is 17.6. The van der Waals surface area contributed by atoms with Crippen molar-refractivity contribution < 1.29 is 22.8 Å². The summed E-state index contributed by atoms with van der Waals surface area (Å²) in [5, 5.41) is 8.31. The second kappa shape index (κ2) is 7.07. The van der Waals surface area contributed by atoms with E-state index in [1.807, 2.05) is 0 Å². The minimum atomic E-state index is -0.903. The summed E-state index contributed by atoms with van der Waals surface area (Å²) in [6.07, 6.45) is -0.903. The molecule has 0 radical (unpaired) electrons. The summed E-state index contributed by atoms with van der Waals surface area (Å²) in [6, 6.07) is 13.7. The second-order valence-electron chi connectivity index (χ2n) is 5.99. The number of aromatic nitrogens is 2. The molecule has 0 saturated heterocycles. The minimum Gasteiger partial charge on any atom is -0.449 e. The van der Waals surface area contributed by atoms with Gasteiger partial charge in [-0.1, -0.05) is 18.2 Å². The highest BCUT2D eigenvalue weighted by molar-refractivity contribution is 5.92. The zero-order valence-electron chi connectivity index (χ0n) is 14.6. The number of halogens is 1. The molecular formula is C20H13FN2O5. The fourth-order valence-corrected chi connectivity index (χ4v) is 2.59. The quantitative estimate of drug-likeness (QED) is 0.391. The zero-order valence-corrected chi connectivity index (χ0v) is 14.6. The lowest BCUT2D eigenvalue weighted by Gasteiger charge is -2.09. The van der Waals surface area contributed by atoms with Gasteiger partial charge in [0.1, 0.15) is 17.0 Å². The summed E-state index contributed by atoms with van der Waals surface area (Å²) >= 11 is 0. The van der Waals surface area contributed by atoms with E-state index in [1.54, 1.807) is 24.3 Å². The second-order valence-corrected chi connectivity index (χ2v) is 5.99. The van der Waals surface area contributed by atoms with Gasteiger partial charge in [-0.2, -0.15) is 0 Å². The normalized spacial score (nSPS) is 12.1. The lowest BCUT2D eigenvalue weighted by Crippen LogP contribution is -2.18. The molecule has 0 unspecified atom stereocenters. The summed E-state index contributed by atoms with van der Waals surface area (Å²) in [4.78, 5) is 24.5. The third-order valence-corrected chi connectivity index (χ3v) is 4.02. The smallest absolute Gasteiger partial charge is 0.351 e. The monoisotopic (exact) mass is 380 g/mol. The Balaban J connectivity index is 1.54. The number of rotatable bonds is 4. The van der Waals surface area contributed by atoms with E-state index in [2.05, 4.69) is 10.2 Å². The van der Waals surface area contributed by atoms with Crippen LogP contribution in [0.15, 0.2) is 68.2 Å². The Morgan fingerprint density at radius 3 is 2.61 bits per heavy atom. The average molecular weight is 380 g/mol. The van der Waals surface area contributed by atoms with Crippen LogP contribution in [0.3, 0.4) is 0 Å². The van der Waals surface area contributed by atoms with Crippen LogP contribution in [0.25, 0.3) is 22.4 Å². The molecule has 2 heterocycles. The van der Waals surface area contributed by atoms with Gasteiger partial charge in [-0.3, -0.25) is 0 Å². The molecule has 0 N–H and O–H groups in total. The van der Waals surface area contributed by atoms with Crippen molar-refractivity contribution in [3.8, 4) is 11.5 Å². The topological polar surface area (TPSA) is 95.4 Å². The van der Waals surface area contributed by atoms with Crippen LogP contribution in [-0.4, -0.2) is 16.2 Å². The molecule has 0 bridgehead atoms. The van der Waals surface area contributed by atoms with Crippen molar-refractivity contribution in [3.05, 3.63) is 82.3 Å². The van der Waals surface area contributed by atoms with E-state index in [1.165, 1.54) is 37.3 Å². The molecule has 0 aliphatic rings. The predicted octanol–water partition coefficient (Wildman–Crippen LogP) is 3.90. The van der Waals surface area contributed by atoms with Crippen LogP contribution in [-0.2, 0) is 4.74 Å². The van der Waals surface area contributed by atoms with E-state index in [0.717, 1.165) is 0 Å². The molecule has 0 aliphatic heterocycles. The Kier molecular flexibility index (Phi) is 4.44. The number of benzene rings is 2. The Hall–Kier alpha value is -3.81. The van der Waals surface area contributed by atoms with Crippen molar-refractivity contribution >= 4 is 16.9 Å². The molecule has 2 aromatic heterocycles. The first-order valence-electron chi connectivity index (χ1n) is 8.34. The highest BCUT2D eigenvalue weighted by Crippen LogP contribution is 2.23. The highest BCUT2D eigenvalue weighted by atomic mass is 19.1. The van der Waals surface area contributed by atoms with Crippen molar-refractivity contribution in [2.24, 2.45) is 0 Å². The Labute approximate surface area is 157 Å². The zero-order chi connectivity index (χ0) is 19.7. The fraction of sp³-hybridized carbons (Fsp3) is 0.100. The molecule has 4 rings (SSSR count). The lowest BCUT2D eigenvalue weighted by atomic mass is 10.2. The number of hydrogen-bond acceptors (Lipinski definition) is 7. The van der Waals surface area contributed by atoms with Crippen molar-refractivity contribution in [2.75, 3.05) is 0 Å².